The summed E-state index contributed by atoms with van der Waals surface area (Å²) in [5, 5.41) is 0. The summed E-state index contributed by atoms with van der Waals surface area (Å²) in [7, 11) is 0. The van der Waals surface area contributed by atoms with Gasteiger partial charge < -0.3 is 5.73 Å². The smallest absolute Gasteiger partial charge is 0.0237 e. The first kappa shape index (κ1) is 11.6. The van der Waals surface area contributed by atoms with Gasteiger partial charge in [0.1, 0.15) is 0 Å². The second kappa shape index (κ2) is 4.98. The highest BCUT2D eigenvalue weighted by atomic mass is 15.2. The minimum Gasteiger partial charge on any atom is -0.329 e. The molecular formula is C14H22N2. The van der Waals surface area contributed by atoms with E-state index < -0.39 is 0 Å². The van der Waals surface area contributed by atoms with Gasteiger partial charge in [-0.05, 0) is 49.9 Å². The fraction of sp³-hybridized carbons (Fsp3) is 0.571. The van der Waals surface area contributed by atoms with E-state index in [-0.39, 0.29) is 0 Å². The van der Waals surface area contributed by atoms with Crippen molar-refractivity contribution < 1.29 is 0 Å². The molecule has 0 bridgehead atoms. The number of hydrogen-bond acceptors (Lipinski definition) is 2. The zero-order valence-corrected chi connectivity index (χ0v) is 10.4. The third kappa shape index (κ3) is 2.45. The lowest BCUT2D eigenvalue weighted by Gasteiger charge is -2.23. The van der Waals surface area contributed by atoms with Crippen LogP contribution in [0.4, 0.5) is 0 Å². The van der Waals surface area contributed by atoms with Crippen molar-refractivity contribution in [1.29, 1.82) is 0 Å². The number of hydrogen-bond donors (Lipinski definition) is 1. The van der Waals surface area contributed by atoms with Crippen LogP contribution in [0.3, 0.4) is 0 Å². The molecule has 0 aromatic heterocycles. The van der Waals surface area contributed by atoms with Gasteiger partial charge in [-0.25, -0.2) is 0 Å². The highest BCUT2D eigenvalue weighted by Gasteiger charge is 2.22. The Balaban J connectivity index is 2.05. The Bertz CT molecular complexity index is 360. The van der Waals surface area contributed by atoms with E-state index in [1.165, 1.54) is 36.1 Å². The molecule has 1 heterocycles. The number of likely N-dealkylation sites (tertiary alicyclic amines) is 1. The Morgan fingerprint density at radius 2 is 2.12 bits per heavy atom. The predicted molar refractivity (Wildman–Crippen MR) is 68.4 cm³/mol. The van der Waals surface area contributed by atoms with Gasteiger partial charge in [0.25, 0.3) is 0 Å². The van der Waals surface area contributed by atoms with Crippen molar-refractivity contribution in [3.63, 3.8) is 0 Å². The first-order chi connectivity index (χ1) is 7.70. The van der Waals surface area contributed by atoms with Crippen molar-refractivity contribution in [3.05, 3.63) is 34.9 Å². The monoisotopic (exact) mass is 218 g/mol. The van der Waals surface area contributed by atoms with Gasteiger partial charge in [0.15, 0.2) is 0 Å². The van der Waals surface area contributed by atoms with Gasteiger partial charge in [0, 0.05) is 19.1 Å². The lowest BCUT2D eigenvalue weighted by Crippen LogP contribution is -2.34. The third-order valence-electron chi connectivity index (χ3n) is 3.73. The average molecular weight is 218 g/mol. The summed E-state index contributed by atoms with van der Waals surface area (Å²) in [5.41, 5.74) is 9.98. The molecule has 1 atom stereocenters. The zero-order chi connectivity index (χ0) is 11.5. The molecule has 88 valence electrons. The van der Waals surface area contributed by atoms with E-state index in [0.717, 1.165) is 13.1 Å². The highest BCUT2D eigenvalue weighted by Crippen LogP contribution is 2.20. The van der Waals surface area contributed by atoms with E-state index in [2.05, 4.69) is 36.9 Å². The molecule has 0 spiro atoms. The summed E-state index contributed by atoms with van der Waals surface area (Å²) >= 11 is 0. The van der Waals surface area contributed by atoms with Crippen molar-refractivity contribution in [3.8, 4) is 0 Å². The number of aryl methyl sites for hydroxylation is 2. The van der Waals surface area contributed by atoms with E-state index in [4.69, 9.17) is 5.73 Å². The maximum absolute atomic E-state index is 5.79. The molecule has 1 aliphatic rings. The molecule has 1 aromatic rings. The van der Waals surface area contributed by atoms with Crippen molar-refractivity contribution in [2.24, 2.45) is 5.73 Å². The lowest BCUT2D eigenvalue weighted by molar-refractivity contribution is 0.250. The molecule has 2 nitrogen and oxygen atoms in total. The molecule has 16 heavy (non-hydrogen) atoms. The molecule has 2 heteroatoms. The van der Waals surface area contributed by atoms with Gasteiger partial charge in [-0.15, -0.1) is 0 Å². The molecule has 0 aliphatic carbocycles. The SMILES string of the molecule is Cc1ccc(CN2CCCC2CN)cc1C. The third-order valence-corrected chi connectivity index (χ3v) is 3.73. The van der Waals surface area contributed by atoms with Crippen LogP contribution < -0.4 is 5.73 Å². The summed E-state index contributed by atoms with van der Waals surface area (Å²) in [6, 6.07) is 7.37. The number of rotatable bonds is 3. The first-order valence-electron chi connectivity index (χ1n) is 6.21. The second-order valence-electron chi connectivity index (χ2n) is 4.92. The highest BCUT2D eigenvalue weighted by molar-refractivity contribution is 5.29. The quantitative estimate of drug-likeness (QED) is 0.843. The summed E-state index contributed by atoms with van der Waals surface area (Å²) in [5.74, 6) is 0. The zero-order valence-electron chi connectivity index (χ0n) is 10.4. The largest absolute Gasteiger partial charge is 0.329 e. The number of benzene rings is 1. The minimum absolute atomic E-state index is 0.599. The van der Waals surface area contributed by atoms with E-state index in [1.807, 2.05) is 0 Å². The molecular weight excluding hydrogens is 196 g/mol. The summed E-state index contributed by atoms with van der Waals surface area (Å²) in [6.45, 7) is 7.41. The molecule has 2 rings (SSSR count). The Kier molecular flexibility index (Phi) is 3.62. The van der Waals surface area contributed by atoms with E-state index in [9.17, 15) is 0 Å². The topological polar surface area (TPSA) is 29.3 Å². The summed E-state index contributed by atoms with van der Waals surface area (Å²) in [4.78, 5) is 2.52. The van der Waals surface area contributed by atoms with Crippen molar-refractivity contribution >= 4 is 0 Å². The molecule has 1 aliphatic heterocycles. The normalized spacial score (nSPS) is 21.6. The fourth-order valence-electron chi connectivity index (χ4n) is 2.51. The molecule has 0 saturated carbocycles. The Hall–Kier alpha value is -0.860. The fourth-order valence-corrected chi connectivity index (χ4v) is 2.51. The van der Waals surface area contributed by atoms with Crippen LogP contribution >= 0.6 is 0 Å². The van der Waals surface area contributed by atoms with Crippen molar-refractivity contribution in [2.45, 2.75) is 39.3 Å². The summed E-state index contributed by atoms with van der Waals surface area (Å²) in [6.07, 6.45) is 2.56. The van der Waals surface area contributed by atoms with Crippen LogP contribution in [0.2, 0.25) is 0 Å². The van der Waals surface area contributed by atoms with Crippen LogP contribution in [0, 0.1) is 13.8 Å². The standard InChI is InChI=1S/C14H22N2/c1-11-5-6-13(8-12(11)2)10-16-7-3-4-14(16)9-15/h5-6,8,14H,3-4,7,9-10,15H2,1-2H3. The van der Waals surface area contributed by atoms with E-state index >= 15 is 0 Å². The number of nitrogens with two attached hydrogens (primary N) is 1. The molecule has 1 fully saturated rings. The van der Waals surface area contributed by atoms with Crippen LogP contribution in [0.25, 0.3) is 0 Å². The van der Waals surface area contributed by atoms with E-state index in [0.29, 0.717) is 6.04 Å². The van der Waals surface area contributed by atoms with Gasteiger partial charge in [-0.3, -0.25) is 4.90 Å². The predicted octanol–water partition coefficient (Wildman–Crippen LogP) is 2.23. The molecule has 1 aromatic carbocycles. The van der Waals surface area contributed by atoms with Crippen LogP contribution in [-0.4, -0.2) is 24.0 Å². The Labute approximate surface area is 98.4 Å². The van der Waals surface area contributed by atoms with Crippen LogP contribution in [-0.2, 0) is 6.54 Å². The molecule has 1 unspecified atom stereocenters. The average Bonchev–Trinajstić information content (AvgIpc) is 2.71. The van der Waals surface area contributed by atoms with Crippen LogP contribution in [0.1, 0.15) is 29.5 Å². The van der Waals surface area contributed by atoms with Crippen LogP contribution in [0.5, 0.6) is 0 Å². The van der Waals surface area contributed by atoms with Gasteiger partial charge in [0.05, 0.1) is 0 Å². The maximum Gasteiger partial charge on any atom is 0.0237 e. The molecule has 0 radical (unpaired) electrons. The Morgan fingerprint density at radius 3 is 2.81 bits per heavy atom. The molecule has 0 amide bonds. The van der Waals surface area contributed by atoms with E-state index in [1.54, 1.807) is 0 Å². The van der Waals surface area contributed by atoms with Crippen LogP contribution in [0.15, 0.2) is 18.2 Å². The van der Waals surface area contributed by atoms with Gasteiger partial charge >= 0.3 is 0 Å². The second-order valence-corrected chi connectivity index (χ2v) is 4.92. The maximum atomic E-state index is 5.79. The Morgan fingerprint density at radius 1 is 1.31 bits per heavy atom. The molecule has 1 saturated heterocycles. The van der Waals surface area contributed by atoms with Gasteiger partial charge in [-0.2, -0.15) is 0 Å². The van der Waals surface area contributed by atoms with Gasteiger partial charge in [0.2, 0.25) is 0 Å². The van der Waals surface area contributed by atoms with Crippen molar-refractivity contribution in [2.75, 3.05) is 13.1 Å². The first-order valence-corrected chi connectivity index (χ1v) is 6.21. The number of nitrogens with zero attached hydrogens (tertiary/aromatic N) is 1. The lowest BCUT2D eigenvalue weighted by atomic mass is 10.1. The van der Waals surface area contributed by atoms with Crippen molar-refractivity contribution in [1.82, 2.24) is 4.90 Å². The summed E-state index contributed by atoms with van der Waals surface area (Å²) < 4.78 is 0. The molecule has 2 N–H and O–H groups in total. The minimum atomic E-state index is 0.599. The van der Waals surface area contributed by atoms with Gasteiger partial charge in [-0.1, -0.05) is 18.2 Å².